The van der Waals surface area contributed by atoms with Crippen molar-refractivity contribution in [3.8, 4) is 5.75 Å². The average molecular weight is 439 g/mol. The summed E-state index contributed by atoms with van der Waals surface area (Å²) in [5.41, 5.74) is 10.8. The fraction of sp³-hybridized carbons (Fsp3) is 0.150. The first-order chi connectivity index (χ1) is 13.1. The zero-order valence-electron chi connectivity index (χ0n) is 15.3. The quantitative estimate of drug-likeness (QED) is 0.209. The highest BCUT2D eigenvalue weighted by molar-refractivity contribution is 7.96. The molecule has 0 spiro atoms. The molecule has 29 heavy (non-hydrogen) atoms. The number of thiol groups is 2. The standard InChI is InChI=1S/C17H16O3.2CH3NOS.CH4/c1-12-4-3-5-14(10-12)17(19)11-16(18)13-6-8-15(20-2)9-7-13;2*2-1(3)4;/h3-11,19H,1-2H3;2*(H3,2,3,4);1H4. The molecular formula is C20H26N2O5S2. The Hall–Kier alpha value is -2.91. The van der Waals surface area contributed by atoms with Crippen molar-refractivity contribution in [2.24, 2.45) is 11.5 Å². The number of amides is 2. The van der Waals surface area contributed by atoms with Crippen molar-refractivity contribution in [2.75, 3.05) is 7.11 Å². The van der Waals surface area contributed by atoms with Crippen LogP contribution in [0.1, 0.15) is 28.9 Å². The molecule has 0 saturated heterocycles. The number of hydrogen-bond donors (Lipinski definition) is 5. The minimum Gasteiger partial charge on any atom is -0.507 e. The van der Waals surface area contributed by atoms with E-state index in [4.69, 9.17) is 14.3 Å². The summed E-state index contributed by atoms with van der Waals surface area (Å²) >= 11 is 6.21. The molecule has 5 N–H and O–H groups in total. The Balaban J connectivity index is 0. The summed E-state index contributed by atoms with van der Waals surface area (Å²) in [6, 6.07) is 14.1. The van der Waals surface area contributed by atoms with Crippen molar-refractivity contribution in [1.29, 1.82) is 0 Å². The highest BCUT2D eigenvalue weighted by Gasteiger charge is 2.06. The second kappa shape index (κ2) is 15.1. The van der Waals surface area contributed by atoms with E-state index in [0.717, 1.165) is 5.56 Å². The van der Waals surface area contributed by atoms with Crippen LogP contribution in [-0.4, -0.2) is 28.5 Å². The summed E-state index contributed by atoms with van der Waals surface area (Å²) in [6.07, 6.45) is 1.23. The van der Waals surface area contributed by atoms with E-state index >= 15 is 0 Å². The Morgan fingerprint density at radius 2 is 1.45 bits per heavy atom. The lowest BCUT2D eigenvalue weighted by molar-refractivity contribution is 0.104. The van der Waals surface area contributed by atoms with Crippen molar-refractivity contribution in [3.63, 3.8) is 0 Å². The Labute approximate surface area is 181 Å². The number of allylic oxidation sites excluding steroid dienone is 1. The SMILES string of the molecule is C.COc1ccc(C(=O)C=C(O)c2cccc(C)c2)cc1.NC(=O)S.NC(=O)S. The maximum Gasteiger partial charge on any atom is 0.273 e. The first-order valence-corrected chi connectivity index (χ1v) is 8.59. The number of primary amides is 2. The van der Waals surface area contributed by atoms with Gasteiger partial charge in [-0.05, 0) is 37.3 Å². The minimum absolute atomic E-state index is 0. The smallest absolute Gasteiger partial charge is 0.273 e. The predicted octanol–water partition coefficient (Wildman–Crippen LogP) is 4.41. The summed E-state index contributed by atoms with van der Waals surface area (Å²) in [4.78, 5) is 30.2. The van der Waals surface area contributed by atoms with E-state index in [9.17, 15) is 9.90 Å². The van der Waals surface area contributed by atoms with Gasteiger partial charge in [-0.15, -0.1) is 0 Å². The van der Waals surface area contributed by atoms with Crippen LogP contribution in [0.5, 0.6) is 5.75 Å². The molecule has 0 bridgehead atoms. The fourth-order valence-corrected chi connectivity index (χ4v) is 1.85. The van der Waals surface area contributed by atoms with E-state index in [1.54, 1.807) is 37.4 Å². The molecule has 0 fully saturated rings. The predicted molar refractivity (Wildman–Crippen MR) is 123 cm³/mol. The first kappa shape index (κ1) is 28.3. The van der Waals surface area contributed by atoms with Crippen LogP contribution in [0.2, 0.25) is 0 Å². The third kappa shape index (κ3) is 13.8. The topological polar surface area (TPSA) is 133 Å². The third-order valence-corrected chi connectivity index (χ3v) is 2.96. The fourth-order valence-electron chi connectivity index (χ4n) is 1.85. The van der Waals surface area contributed by atoms with Gasteiger partial charge in [-0.1, -0.05) is 56.4 Å². The van der Waals surface area contributed by atoms with Crippen molar-refractivity contribution in [1.82, 2.24) is 0 Å². The number of nitrogens with two attached hydrogens (primary N) is 2. The van der Waals surface area contributed by atoms with E-state index in [1.165, 1.54) is 6.08 Å². The summed E-state index contributed by atoms with van der Waals surface area (Å²) < 4.78 is 5.04. The van der Waals surface area contributed by atoms with Gasteiger partial charge in [0.1, 0.15) is 11.5 Å². The normalized spacial score (nSPS) is 9.45. The van der Waals surface area contributed by atoms with E-state index < -0.39 is 10.5 Å². The number of ketones is 1. The van der Waals surface area contributed by atoms with E-state index in [-0.39, 0.29) is 19.0 Å². The van der Waals surface area contributed by atoms with Gasteiger partial charge in [0.25, 0.3) is 10.5 Å². The Morgan fingerprint density at radius 3 is 1.86 bits per heavy atom. The zero-order valence-corrected chi connectivity index (χ0v) is 17.1. The van der Waals surface area contributed by atoms with Crippen molar-refractivity contribution < 1.29 is 24.2 Å². The van der Waals surface area contributed by atoms with Crippen molar-refractivity contribution >= 4 is 47.3 Å². The van der Waals surface area contributed by atoms with Crippen molar-refractivity contribution in [3.05, 3.63) is 71.3 Å². The van der Waals surface area contributed by atoms with E-state index in [2.05, 4.69) is 36.7 Å². The molecule has 0 aliphatic heterocycles. The molecule has 9 heteroatoms. The molecule has 0 unspecified atom stereocenters. The molecule has 0 radical (unpaired) electrons. The number of ether oxygens (including phenoxy) is 1. The molecule has 0 aliphatic carbocycles. The number of benzene rings is 2. The number of carbonyl (C=O) groups is 3. The summed E-state index contributed by atoms with van der Waals surface area (Å²) in [5.74, 6) is 0.412. The van der Waals surface area contributed by atoms with Crippen LogP contribution < -0.4 is 16.2 Å². The Morgan fingerprint density at radius 1 is 0.966 bits per heavy atom. The molecule has 7 nitrogen and oxygen atoms in total. The molecule has 2 aromatic carbocycles. The summed E-state index contributed by atoms with van der Waals surface area (Å²) in [7, 11) is 1.57. The number of aliphatic hydroxyl groups excluding tert-OH is 1. The molecule has 0 heterocycles. The number of methoxy groups -OCH3 is 1. The molecule has 0 atom stereocenters. The number of aryl methyl sites for hydroxylation is 1. The molecule has 158 valence electrons. The molecule has 0 saturated carbocycles. The maximum absolute atomic E-state index is 12.0. The second-order valence-corrected chi connectivity index (χ2v) is 6.05. The van der Waals surface area contributed by atoms with Gasteiger partial charge in [0.05, 0.1) is 7.11 Å². The van der Waals surface area contributed by atoms with Crippen LogP contribution in [0.15, 0.2) is 54.6 Å². The van der Waals surface area contributed by atoms with Gasteiger partial charge < -0.3 is 21.3 Å². The molecule has 0 aliphatic rings. The molecule has 2 aromatic rings. The monoisotopic (exact) mass is 438 g/mol. The third-order valence-electron chi connectivity index (χ3n) is 2.96. The number of carbonyl (C=O) groups excluding carboxylic acids is 3. The van der Waals surface area contributed by atoms with Crippen LogP contribution in [0.25, 0.3) is 5.76 Å². The summed E-state index contributed by atoms with van der Waals surface area (Å²) in [6.45, 7) is 1.93. The Bertz CT molecular complexity index is 817. The van der Waals surface area contributed by atoms with Gasteiger partial charge in [0, 0.05) is 17.2 Å². The lowest BCUT2D eigenvalue weighted by Gasteiger charge is -2.03. The van der Waals surface area contributed by atoms with E-state index in [1.807, 2.05) is 25.1 Å². The number of aliphatic hydroxyl groups is 1. The number of rotatable bonds is 4. The molecule has 0 aromatic heterocycles. The minimum atomic E-state index is -0.639. The largest absolute Gasteiger partial charge is 0.507 e. The van der Waals surface area contributed by atoms with Crippen LogP contribution in [0.4, 0.5) is 9.59 Å². The van der Waals surface area contributed by atoms with Crippen LogP contribution >= 0.6 is 25.3 Å². The van der Waals surface area contributed by atoms with Crippen molar-refractivity contribution in [2.45, 2.75) is 14.4 Å². The first-order valence-electron chi connectivity index (χ1n) is 7.69. The van der Waals surface area contributed by atoms with Crippen LogP contribution in [-0.2, 0) is 0 Å². The van der Waals surface area contributed by atoms with Crippen LogP contribution in [0, 0.1) is 6.92 Å². The highest BCUT2D eigenvalue weighted by Crippen LogP contribution is 2.16. The van der Waals surface area contributed by atoms with Gasteiger partial charge in [-0.25, -0.2) is 0 Å². The zero-order chi connectivity index (χ0) is 21.7. The van der Waals surface area contributed by atoms with E-state index in [0.29, 0.717) is 16.9 Å². The van der Waals surface area contributed by atoms with Gasteiger partial charge in [-0.2, -0.15) is 0 Å². The lowest BCUT2D eigenvalue weighted by atomic mass is 10.1. The van der Waals surface area contributed by atoms with Gasteiger partial charge in [0.2, 0.25) is 0 Å². The van der Waals surface area contributed by atoms with Gasteiger partial charge >= 0.3 is 0 Å². The maximum atomic E-state index is 12.0. The summed E-state index contributed by atoms with van der Waals surface area (Å²) in [5, 5.41) is 8.72. The second-order valence-electron chi connectivity index (χ2n) is 5.17. The number of hydrogen-bond acceptors (Lipinski definition) is 5. The molecule has 2 amide bonds. The van der Waals surface area contributed by atoms with Gasteiger partial charge in [-0.3, -0.25) is 14.4 Å². The molecular weight excluding hydrogens is 412 g/mol. The van der Waals surface area contributed by atoms with Gasteiger partial charge in [0.15, 0.2) is 5.78 Å². The lowest BCUT2D eigenvalue weighted by Crippen LogP contribution is -1.97. The molecule has 2 rings (SSSR count). The Kier molecular flexibility index (Phi) is 14.7. The van der Waals surface area contributed by atoms with Crippen LogP contribution in [0.3, 0.4) is 0 Å². The highest BCUT2D eigenvalue weighted by atomic mass is 32.1. The average Bonchev–Trinajstić information content (AvgIpc) is 2.60.